The first-order chi connectivity index (χ1) is 14.5. The van der Waals surface area contributed by atoms with Gasteiger partial charge in [0.25, 0.3) is 5.56 Å². The Morgan fingerprint density at radius 3 is 2.53 bits per heavy atom. The maximum atomic E-state index is 13.3. The normalized spacial score (nSPS) is 11.3. The zero-order valence-electron chi connectivity index (χ0n) is 16.8. The molecule has 0 aliphatic rings. The summed E-state index contributed by atoms with van der Waals surface area (Å²) in [5.41, 5.74) is 3.70. The predicted molar refractivity (Wildman–Crippen MR) is 123 cm³/mol. The highest BCUT2D eigenvalue weighted by molar-refractivity contribution is 6.30. The monoisotopic (exact) mass is 416 g/mol. The molecule has 0 atom stereocenters. The standard InChI is InChI=1S/C24H21ClN4O/c1-17-7-6-14-29-22(17)27-23(28(2)16-18-8-4-3-5-9-18)21(24(29)30)15-26-20-12-10-19(25)11-13-20/h3-15H,16H2,1-2H3. The first-order valence-corrected chi connectivity index (χ1v) is 9.97. The van der Waals surface area contributed by atoms with Gasteiger partial charge in [0, 0.05) is 31.0 Å². The molecule has 4 aromatic rings. The molecule has 0 saturated carbocycles. The fraction of sp³-hybridized carbons (Fsp3) is 0.125. The molecule has 150 valence electrons. The molecular weight excluding hydrogens is 396 g/mol. The highest BCUT2D eigenvalue weighted by Gasteiger charge is 2.16. The second-order valence-corrected chi connectivity index (χ2v) is 7.55. The Morgan fingerprint density at radius 2 is 1.80 bits per heavy atom. The number of aryl methyl sites for hydroxylation is 1. The molecule has 0 spiro atoms. The lowest BCUT2D eigenvalue weighted by molar-refractivity contribution is 0.883. The molecule has 0 bridgehead atoms. The zero-order chi connectivity index (χ0) is 21.1. The van der Waals surface area contributed by atoms with Gasteiger partial charge in [0.05, 0.1) is 5.69 Å². The number of pyridine rings is 1. The molecule has 2 aromatic carbocycles. The van der Waals surface area contributed by atoms with E-state index in [1.54, 1.807) is 28.9 Å². The van der Waals surface area contributed by atoms with Gasteiger partial charge in [-0.25, -0.2) is 4.98 Å². The summed E-state index contributed by atoms with van der Waals surface area (Å²) < 4.78 is 1.57. The van der Waals surface area contributed by atoms with Gasteiger partial charge >= 0.3 is 0 Å². The van der Waals surface area contributed by atoms with Crippen LogP contribution in [0.2, 0.25) is 5.02 Å². The van der Waals surface area contributed by atoms with E-state index >= 15 is 0 Å². The van der Waals surface area contributed by atoms with Crippen molar-refractivity contribution < 1.29 is 0 Å². The lowest BCUT2D eigenvalue weighted by Gasteiger charge is -2.21. The number of halogens is 1. The van der Waals surface area contributed by atoms with E-state index in [9.17, 15) is 4.79 Å². The van der Waals surface area contributed by atoms with Crippen LogP contribution in [-0.4, -0.2) is 22.6 Å². The van der Waals surface area contributed by atoms with E-state index in [1.165, 1.54) is 0 Å². The molecule has 6 heteroatoms. The molecule has 0 fully saturated rings. The molecule has 30 heavy (non-hydrogen) atoms. The van der Waals surface area contributed by atoms with Crippen molar-refractivity contribution in [2.24, 2.45) is 4.99 Å². The minimum Gasteiger partial charge on any atom is -0.355 e. The van der Waals surface area contributed by atoms with Gasteiger partial charge in [-0.15, -0.1) is 0 Å². The summed E-state index contributed by atoms with van der Waals surface area (Å²) >= 11 is 5.96. The van der Waals surface area contributed by atoms with Crippen LogP contribution in [0.4, 0.5) is 11.5 Å². The van der Waals surface area contributed by atoms with E-state index in [0.29, 0.717) is 34.3 Å². The van der Waals surface area contributed by atoms with Crippen LogP contribution in [-0.2, 0) is 6.54 Å². The van der Waals surface area contributed by atoms with Crippen molar-refractivity contribution in [1.29, 1.82) is 0 Å². The average molecular weight is 417 g/mol. The van der Waals surface area contributed by atoms with Gasteiger partial charge in [-0.2, -0.15) is 0 Å². The second kappa shape index (κ2) is 8.51. The minimum absolute atomic E-state index is 0.156. The second-order valence-electron chi connectivity index (χ2n) is 7.12. The number of anilines is 1. The Hall–Kier alpha value is -3.44. The van der Waals surface area contributed by atoms with Crippen LogP contribution >= 0.6 is 11.6 Å². The fourth-order valence-electron chi connectivity index (χ4n) is 3.30. The van der Waals surface area contributed by atoms with Gasteiger partial charge in [-0.3, -0.25) is 14.2 Å². The van der Waals surface area contributed by atoms with Gasteiger partial charge in [0.2, 0.25) is 0 Å². The van der Waals surface area contributed by atoms with Gasteiger partial charge < -0.3 is 4.90 Å². The maximum absolute atomic E-state index is 13.3. The highest BCUT2D eigenvalue weighted by atomic mass is 35.5. The summed E-state index contributed by atoms with van der Waals surface area (Å²) in [6.45, 7) is 2.57. The van der Waals surface area contributed by atoms with E-state index < -0.39 is 0 Å². The molecule has 4 rings (SSSR count). The Kier molecular flexibility index (Phi) is 5.63. The summed E-state index contributed by atoms with van der Waals surface area (Å²) in [6.07, 6.45) is 3.32. The molecule has 0 saturated heterocycles. The molecule has 2 aromatic heterocycles. The van der Waals surface area contributed by atoms with Crippen molar-refractivity contribution in [3.8, 4) is 0 Å². The summed E-state index contributed by atoms with van der Waals surface area (Å²) in [5, 5.41) is 0.639. The number of aromatic nitrogens is 2. The molecule has 0 aliphatic heterocycles. The lowest BCUT2D eigenvalue weighted by Crippen LogP contribution is -2.27. The number of benzene rings is 2. The topological polar surface area (TPSA) is 50.0 Å². The third-order valence-electron chi connectivity index (χ3n) is 4.86. The summed E-state index contributed by atoms with van der Waals surface area (Å²) in [7, 11) is 1.93. The van der Waals surface area contributed by atoms with E-state index in [0.717, 1.165) is 11.1 Å². The fourth-order valence-corrected chi connectivity index (χ4v) is 3.43. The molecule has 0 aliphatic carbocycles. The SMILES string of the molecule is Cc1cccn2c(=O)c(C=Nc3ccc(Cl)cc3)c(N(C)Cc3ccccc3)nc12. The molecule has 0 amide bonds. The molecule has 2 heterocycles. The van der Waals surface area contributed by atoms with Gasteiger partial charge in [0.15, 0.2) is 0 Å². The van der Waals surface area contributed by atoms with Gasteiger partial charge in [-0.1, -0.05) is 48.0 Å². The third-order valence-corrected chi connectivity index (χ3v) is 5.11. The van der Waals surface area contributed by atoms with E-state index in [4.69, 9.17) is 16.6 Å². The Morgan fingerprint density at radius 1 is 1.07 bits per heavy atom. The smallest absolute Gasteiger partial charge is 0.268 e. The Bertz CT molecular complexity index is 1260. The lowest BCUT2D eigenvalue weighted by atomic mass is 10.2. The van der Waals surface area contributed by atoms with Crippen LogP contribution in [0.5, 0.6) is 0 Å². The average Bonchev–Trinajstić information content (AvgIpc) is 2.75. The quantitative estimate of drug-likeness (QED) is 0.428. The molecule has 0 N–H and O–H groups in total. The van der Waals surface area contributed by atoms with Crippen LogP contribution in [0.15, 0.2) is 82.7 Å². The zero-order valence-corrected chi connectivity index (χ0v) is 17.5. The van der Waals surface area contributed by atoms with E-state index in [2.05, 4.69) is 17.1 Å². The van der Waals surface area contributed by atoms with Crippen molar-refractivity contribution in [3.63, 3.8) is 0 Å². The van der Waals surface area contributed by atoms with Crippen molar-refractivity contribution >= 4 is 35.0 Å². The largest absolute Gasteiger partial charge is 0.355 e. The molecular formula is C24H21ClN4O. The first-order valence-electron chi connectivity index (χ1n) is 9.59. The Balaban J connectivity index is 1.83. The number of fused-ring (bicyclic) bond motifs is 1. The summed E-state index contributed by atoms with van der Waals surface area (Å²) in [4.78, 5) is 24.6. The van der Waals surface area contributed by atoms with Crippen LogP contribution in [0.3, 0.4) is 0 Å². The number of nitrogens with zero attached hydrogens (tertiary/aromatic N) is 4. The minimum atomic E-state index is -0.156. The van der Waals surface area contributed by atoms with E-state index in [1.807, 2.05) is 61.3 Å². The van der Waals surface area contributed by atoms with Crippen LogP contribution < -0.4 is 10.5 Å². The van der Waals surface area contributed by atoms with E-state index in [-0.39, 0.29) is 5.56 Å². The number of hydrogen-bond donors (Lipinski definition) is 0. The van der Waals surface area contributed by atoms with Crippen LogP contribution in [0, 0.1) is 6.92 Å². The van der Waals surface area contributed by atoms with Crippen LogP contribution in [0.1, 0.15) is 16.7 Å². The maximum Gasteiger partial charge on any atom is 0.268 e. The molecule has 5 nitrogen and oxygen atoms in total. The highest BCUT2D eigenvalue weighted by Crippen LogP contribution is 2.20. The van der Waals surface area contributed by atoms with Crippen molar-refractivity contribution in [2.75, 3.05) is 11.9 Å². The van der Waals surface area contributed by atoms with Gasteiger partial charge in [-0.05, 0) is 48.4 Å². The summed E-state index contributed by atoms with van der Waals surface area (Å²) in [6, 6.07) is 21.0. The Labute approximate surface area is 179 Å². The van der Waals surface area contributed by atoms with Crippen molar-refractivity contribution in [3.05, 3.63) is 105 Å². The molecule has 0 unspecified atom stereocenters. The third kappa shape index (κ3) is 4.11. The number of aliphatic imine (C=N–C) groups is 1. The van der Waals surface area contributed by atoms with Gasteiger partial charge in [0.1, 0.15) is 17.0 Å². The van der Waals surface area contributed by atoms with Crippen LogP contribution in [0.25, 0.3) is 5.65 Å². The predicted octanol–water partition coefficient (Wildman–Crippen LogP) is 5.04. The van der Waals surface area contributed by atoms with Crippen molar-refractivity contribution in [1.82, 2.24) is 9.38 Å². The van der Waals surface area contributed by atoms with Crippen molar-refractivity contribution in [2.45, 2.75) is 13.5 Å². The summed E-state index contributed by atoms with van der Waals surface area (Å²) in [5.74, 6) is 0.593. The first kappa shape index (κ1) is 19.9. The molecule has 0 radical (unpaired) electrons. The number of rotatable bonds is 5. The number of hydrogen-bond acceptors (Lipinski definition) is 4.